The van der Waals surface area contributed by atoms with Gasteiger partial charge in [0.25, 0.3) is 0 Å². The van der Waals surface area contributed by atoms with Crippen molar-refractivity contribution in [2.24, 2.45) is 0 Å². The number of hydrogen-bond donors (Lipinski definition) is 2. The van der Waals surface area contributed by atoms with Crippen molar-refractivity contribution in [3.05, 3.63) is 16.4 Å². The SMILES string of the molecule is CCOc1cc2c(N)nc(C(C)(C)C)nc2c(Br)c1O. The van der Waals surface area contributed by atoms with Crippen molar-refractivity contribution in [2.45, 2.75) is 33.1 Å². The minimum Gasteiger partial charge on any atom is -0.503 e. The Morgan fingerprint density at radius 3 is 2.55 bits per heavy atom. The summed E-state index contributed by atoms with van der Waals surface area (Å²) >= 11 is 3.36. The summed E-state index contributed by atoms with van der Waals surface area (Å²) in [6.07, 6.45) is 0. The molecule has 0 unspecified atom stereocenters. The Morgan fingerprint density at radius 2 is 2.00 bits per heavy atom. The molecule has 1 aromatic carbocycles. The zero-order valence-corrected chi connectivity index (χ0v) is 13.6. The highest BCUT2D eigenvalue weighted by atomic mass is 79.9. The molecule has 2 rings (SSSR count). The molecule has 0 aliphatic carbocycles. The molecule has 0 atom stereocenters. The Labute approximate surface area is 126 Å². The van der Waals surface area contributed by atoms with E-state index in [9.17, 15) is 5.11 Å². The van der Waals surface area contributed by atoms with Crippen LogP contribution in [0.1, 0.15) is 33.5 Å². The van der Waals surface area contributed by atoms with Crippen molar-refractivity contribution in [1.29, 1.82) is 0 Å². The highest BCUT2D eigenvalue weighted by Crippen LogP contribution is 2.41. The van der Waals surface area contributed by atoms with E-state index in [2.05, 4.69) is 25.9 Å². The van der Waals surface area contributed by atoms with E-state index in [4.69, 9.17) is 10.5 Å². The summed E-state index contributed by atoms with van der Waals surface area (Å²) in [6.45, 7) is 8.33. The molecule has 5 nitrogen and oxygen atoms in total. The van der Waals surface area contributed by atoms with Gasteiger partial charge >= 0.3 is 0 Å². The van der Waals surface area contributed by atoms with Crippen LogP contribution in [0.15, 0.2) is 10.5 Å². The second-order valence-corrected chi connectivity index (χ2v) is 6.34. The molecule has 0 fully saturated rings. The summed E-state index contributed by atoms with van der Waals surface area (Å²) in [5.41, 5.74) is 6.39. The summed E-state index contributed by atoms with van der Waals surface area (Å²) in [4.78, 5) is 8.87. The average Bonchev–Trinajstić information content (AvgIpc) is 2.35. The van der Waals surface area contributed by atoms with Crippen LogP contribution in [0.5, 0.6) is 11.5 Å². The summed E-state index contributed by atoms with van der Waals surface area (Å²) in [6, 6.07) is 1.67. The number of phenols is 1. The molecule has 0 aliphatic heterocycles. The van der Waals surface area contributed by atoms with Crippen LogP contribution in [-0.4, -0.2) is 21.7 Å². The van der Waals surface area contributed by atoms with Crippen molar-refractivity contribution in [3.8, 4) is 11.5 Å². The van der Waals surface area contributed by atoms with Gasteiger partial charge in [-0.15, -0.1) is 0 Å². The quantitative estimate of drug-likeness (QED) is 0.876. The highest BCUT2D eigenvalue weighted by molar-refractivity contribution is 9.10. The van der Waals surface area contributed by atoms with Crippen molar-refractivity contribution in [3.63, 3.8) is 0 Å². The number of ether oxygens (including phenoxy) is 1. The fourth-order valence-corrected chi connectivity index (χ4v) is 2.31. The second-order valence-electron chi connectivity index (χ2n) is 5.55. The predicted octanol–water partition coefficient (Wildman–Crippen LogP) is 3.38. The van der Waals surface area contributed by atoms with Crippen LogP contribution in [0.25, 0.3) is 10.9 Å². The number of nitrogen functional groups attached to an aromatic ring is 1. The zero-order chi connectivity index (χ0) is 15.1. The maximum absolute atomic E-state index is 10.1. The smallest absolute Gasteiger partial charge is 0.174 e. The lowest BCUT2D eigenvalue weighted by molar-refractivity contribution is 0.318. The first-order valence-corrected chi connectivity index (χ1v) is 7.17. The fraction of sp³-hybridized carbons (Fsp3) is 0.429. The molecular formula is C14H18BrN3O2. The molecule has 1 aromatic heterocycles. The number of halogens is 1. The molecule has 3 N–H and O–H groups in total. The van der Waals surface area contributed by atoms with Gasteiger partial charge < -0.3 is 15.6 Å². The number of nitrogens with zero attached hydrogens (tertiary/aromatic N) is 2. The van der Waals surface area contributed by atoms with Crippen molar-refractivity contribution >= 4 is 32.7 Å². The minimum atomic E-state index is -0.226. The summed E-state index contributed by atoms with van der Waals surface area (Å²) in [7, 11) is 0. The van der Waals surface area contributed by atoms with Gasteiger partial charge in [0.15, 0.2) is 11.5 Å². The molecule has 0 aliphatic rings. The van der Waals surface area contributed by atoms with Gasteiger partial charge in [0.1, 0.15) is 11.6 Å². The molecule has 0 saturated heterocycles. The zero-order valence-electron chi connectivity index (χ0n) is 12.0. The number of hydrogen-bond acceptors (Lipinski definition) is 5. The number of anilines is 1. The van der Waals surface area contributed by atoms with Crippen LogP contribution >= 0.6 is 15.9 Å². The second kappa shape index (κ2) is 5.09. The first-order valence-electron chi connectivity index (χ1n) is 6.37. The van der Waals surface area contributed by atoms with E-state index in [0.29, 0.717) is 39.4 Å². The Kier molecular flexibility index (Phi) is 3.77. The molecule has 0 spiro atoms. The Hall–Kier alpha value is -1.56. The van der Waals surface area contributed by atoms with Gasteiger partial charge in [-0.3, -0.25) is 0 Å². The Bertz CT molecular complexity index is 666. The highest BCUT2D eigenvalue weighted by Gasteiger charge is 2.22. The van der Waals surface area contributed by atoms with E-state index in [1.807, 2.05) is 27.7 Å². The van der Waals surface area contributed by atoms with Gasteiger partial charge in [0.05, 0.1) is 16.6 Å². The molecule has 6 heteroatoms. The van der Waals surface area contributed by atoms with E-state index < -0.39 is 0 Å². The van der Waals surface area contributed by atoms with Crippen molar-refractivity contribution < 1.29 is 9.84 Å². The van der Waals surface area contributed by atoms with Gasteiger partial charge in [0, 0.05) is 10.8 Å². The van der Waals surface area contributed by atoms with Gasteiger partial charge in [-0.25, -0.2) is 9.97 Å². The number of nitrogens with two attached hydrogens (primary N) is 1. The number of rotatable bonds is 2. The molecule has 20 heavy (non-hydrogen) atoms. The maximum atomic E-state index is 10.1. The van der Waals surface area contributed by atoms with Gasteiger partial charge in [-0.1, -0.05) is 20.8 Å². The molecule has 1 heterocycles. The summed E-state index contributed by atoms with van der Waals surface area (Å²) in [5.74, 6) is 1.40. The van der Waals surface area contributed by atoms with Crippen LogP contribution < -0.4 is 10.5 Å². The van der Waals surface area contributed by atoms with Crippen LogP contribution in [-0.2, 0) is 5.41 Å². The van der Waals surface area contributed by atoms with E-state index in [-0.39, 0.29) is 11.2 Å². The minimum absolute atomic E-state index is 0.0253. The number of aromatic nitrogens is 2. The Balaban J connectivity index is 2.79. The molecule has 0 saturated carbocycles. The largest absolute Gasteiger partial charge is 0.503 e. The van der Waals surface area contributed by atoms with Crippen molar-refractivity contribution in [2.75, 3.05) is 12.3 Å². The fourth-order valence-electron chi connectivity index (χ4n) is 1.82. The number of phenolic OH excluding ortho intramolecular Hbond substituents is 1. The third-order valence-corrected chi connectivity index (χ3v) is 3.62. The van der Waals surface area contributed by atoms with Gasteiger partial charge in [-0.05, 0) is 28.9 Å². The van der Waals surface area contributed by atoms with Crippen LogP contribution in [0, 0.1) is 0 Å². The lowest BCUT2D eigenvalue weighted by atomic mass is 9.95. The topological polar surface area (TPSA) is 81.3 Å². The molecule has 0 bridgehead atoms. The molecule has 2 aromatic rings. The van der Waals surface area contributed by atoms with Crippen LogP contribution in [0.3, 0.4) is 0 Å². The number of fused-ring (bicyclic) bond motifs is 1. The predicted molar refractivity (Wildman–Crippen MR) is 83.2 cm³/mol. The molecular weight excluding hydrogens is 322 g/mol. The third-order valence-electron chi connectivity index (χ3n) is 2.87. The first kappa shape index (κ1) is 14.8. The van der Waals surface area contributed by atoms with Crippen molar-refractivity contribution in [1.82, 2.24) is 9.97 Å². The monoisotopic (exact) mass is 339 g/mol. The average molecular weight is 340 g/mol. The summed E-state index contributed by atoms with van der Waals surface area (Å²) in [5, 5.41) is 10.8. The van der Waals surface area contributed by atoms with Gasteiger partial charge in [-0.2, -0.15) is 0 Å². The number of benzene rings is 1. The molecule has 108 valence electrons. The van der Waals surface area contributed by atoms with Crippen LogP contribution in [0.2, 0.25) is 0 Å². The molecule has 0 amide bonds. The first-order chi connectivity index (χ1) is 9.25. The molecule has 0 radical (unpaired) electrons. The Morgan fingerprint density at radius 1 is 1.35 bits per heavy atom. The lowest BCUT2D eigenvalue weighted by Crippen LogP contribution is -2.17. The van der Waals surface area contributed by atoms with E-state index in [0.717, 1.165) is 0 Å². The van der Waals surface area contributed by atoms with E-state index in [1.165, 1.54) is 0 Å². The normalized spacial score (nSPS) is 11.8. The van der Waals surface area contributed by atoms with E-state index in [1.54, 1.807) is 6.07 Å². The lowest BCUT2D eigenvalue weighted by Gasteiger charge is -2.18. The van der Waals surface area contributed by atoms with E-state index >= 15 is 0 Å². The number of aromatic hydroxyl groups is 1. The third kappa shape index (κ3) is 2.52. The maximum Gasteiger partial charge on any atom is 0.174 e. The summed E-state index contributed by atoms with van der Waals surface area (Å²) < 4.78 is 5.86. The standard InChI is InChI=1S/C14H18BrN3O2/c1-5-20-8-6-7-10(9(15)11(8)19)17-13(14(2,3)4)18-12(7)16/h6,19H,5H2,1-4H3,(H2,16,17,18). The van der Waals surface area contributed by atoms with Crippen LogP contribution in [0.4, 0.5) is 5.82 Å². The van der Waals surface area contributed by atoms with Gasteiger partial charge in [0.2, 0.25) is 0 Å².